The fourth-order valence-electron chi connectivity index (χ4n) is 3.73. The maximum atomic E-state index is 12.7. The van der Waals surface area contributed by atoms with Gasteiger partial charge in [0.05, 0.1) is 24.7 Å². The molecular weight excluding hydrogens is 366 g/mol. The molecule has 2 N–H and O–H groups in total. The molecule has 3 aromatic carbocycles. The molecule has 148 valence electrons. The summed E-state index contributed by atoms with van der Waals surface area (Å²) < 4.78 is 5.84. The Bertz CT molecular complexity index is 944. The molecule has 0 unspecified atom stereocenters. The van der Waals surface area contributed by atoms with Gasteiger partial charge in [0, 0.05) is 5.69 Å². The van der Waals surface area contributed by atoms with Crippen molar-refractivity contribution in [2.75, 3.05) is 11.5 Å². The maximum absolute atomic E-state index is 12.7. The van der Waals surface area contributed by atoms with Crippen LogP contribution in [0.1, 0.15) is 17.2 Å². The fraction of sp³-hybridized carbons (Fsp3) is 0.208. The first kappa shape index (κ1) is 19.2. The van der Waals surface area contributed by atoms with E-state index in [2.05, 4.69) is 0 Å². The van der Waals surface area contributed by atoms with Crippen molar-refractivity contribution >= 4 is 11.6 Å². The van der Waals surface area contributed by atoms with Gasteiger partial charge in [-0.3, -0.25) is 4.79 Å². The number of carbonyl (C=O) groups excluding carboxylic acids is 1. The summed E-state index contributed by atoms with van der Waals surface area (Å²) in [6, 6.07) is 26.5. The standard InChI is InChI=1S/C24H23NO4/c26-15-21(27)22-23(25(24(22)28)19-9-5-2-6-10-19)18-11-13-20(14-12-18)29-16-17-7-3-1-4-8-17/h1-14,21-23,26-27H,15-16H2/t21-,22+,23-/m1/s1. The molecule has 1 aliphatic heterocycles. The summed E-state index contributed by atoms with van der Waals surface area (Å²) in [5.74, 6) is -0.128. The van der Waals surface area contributed by atoms with Crippen molar-refractivity contribution < 1.29 is 19.7 Å². The van der Waals surface area contributed by atoms with Crippen molar-refractivity contribution in [1.82, 2.24) is 0 Å². The van der Waals surface area contributed by atoms with Crippen LogP contribution in [0.3, 0.4) is 0 Å². The third-order valence-electron chi connectivity index (χ3n) is 5.25. The van der Waals surface area contributed by atoms with Crippen LogP contribution in [0.2, 0.25) is 0 Å². The summed E-state index contributed by atoms with van der Waals surface area (Å²) in [6.07, 6.45) is -1.10. The minimum atomic E-state index is -1.10. The molecule has 1 heterocycles. The van der Waals surface area contributed by atoms with Crippen LogP contribution in [0, 0.1) is 5.92 Å². The summed E-state index contributed by atoms with van der Waals surface area (Å²) in [7, 11) is 0. The van der Waals surface area contributed by atoms with E-state index in [1.54, 1.807) is 4.90 Å². The van der Waals surface area contributed by atoms with Crippen molar-refractivity contribution in [3.05, 3.63) is 96.1 Å². The number of rotatable bonds is 7. The lowest BCUT2D eigenvalue weighted by atomic mass is 9.78. The summed E-state index contributed by atoms with van der Waals surface area (Å²) in [4.78, 5) is 14.4. The quantitative estimate of drug-likeness (QED) is 0.608. The van der Waals surface area contributed by atoms with Gasteiger partial charge in [-0.05, 0) is 35.4 Å². The van der Waals surface area contributed by atoms with Crippen LogP contribution in [0.4, 0.5) is 5.69 Å². The number of β-lactam (4-membered cyclic amide) rings is 1. The van der Waals surface area contributed by atoms with Crippen LogP contribution in [0.5, 0.6) is 5.75 Å². The smallest absolute Gasteiger partial charge is 0.235 e. The largest absolute Gasteiger partial charge is 0.489 e. The van der Waals surface area contributed by atoms with E-state index in [4.69, 9.17) is 4.74 Å². The molecular formula is C24H23NO4. The Kier molecular flexibility index (Phi) is 5.60. The molecule has 3 atom stereocenters. The van der Waals surface area contributed by atoms with E-state index in [0.717, 1.165) is 22.6 Å². The summed E-state index contributed by atoms with van der Waals surface area (Å²) in [5, 5.41) is 19.6. The Balaban J connectivity index is 1.54. The molecule has 4 rings (SSSR count). The topological polar surface area (TPSA) is 70.0 Å². The number of nitrogens with zero attached hydrogens (tertiary/aromatic N) is 1. The van der Waals surface area contributed by atoms with Crippen molar-refractivity contribution in [2.45, 2.75) is 18.8 Å². The molecule has 5 nitrogen and oxygen atoms in total. The van der Waals surface area contributed by atoms with E-state index in [0.29, 0.717) is 6.61 Å². The van der Waals surface area contributed by atoms with Crippen molar-refractivity contribution in [2.24, 2.45) is 5.92 Å². The maximum Gasteiger partial charge on any atom is 0.235 e. The molecule has 0 aromatic heterocycles. The average Bonchev–Trinajstić information content (AvgIpc) is 2.78. The predicted octanol–water partition coefficient (Wildman–Crippen LogP) is 3.32. The zero-order valence-corrected chi connectivity index (χ0v) is 15.9. The molecule has 3 aromatic rings. The Morgan fingerprint density at radius 1 is 0.897 bits per heavy atom. The van der Waals surface area contributed by atoms with Crippen molar-refractivity contribution in [3.8, 4) is 5.75 Å². The highest BCUT2D eigenvalue weighted by atomic mass is 16.5. The van der Waals surface area contributed by atoms with E-state index in [-0.39, 0.29) is 11.9 Å². The van der Waals surface area contributed by atoms with E-state index >= 15 is 0 Å². The molecule has 0 spiro atoms. The highest BCUT2D eigenvalue weighted by molar-refractivity contribution is 6.03. The molecule has 0 radical (unpaired) electrons. The first-order valence-corrected chi connectivity index (χ1v) is 9.63. The lowest BCUT2D eigenvalue weighted by Gasteiger charge is -2.49. The van der Waals surface area contributed by atoms with Gasteiger partial charge in [0.2, 0.25) is 5.91 Å². The second-order valence-electron chi connectivity index (χ2n) is 7.11. The molecule has 0 aliphatic carbocycles. The Morgan fingerprint density at radius 3 is 2.14 bits per heavy atom. The third-order valence-corrected chi connectivity index (χ3v) is 5.25. The van der Waals surface area contributed by atoms with Gasteiger partial charge in [-0.25, -0.2) is 0 Å². The van der Waals surface area contributed by atoms with E-state index in [1.807, 2.05) is 84.9 Å². The number of benzene rings is 3. The van der Waals surface area contributed by atoms with Crippen LogP contribution < -0.4 is 9.64 Å². The van der Waals surface area contributed by atoms with Gasteiger partial charge >= 0.3 is 0 Å². The number of hydrogen-bond donors (Lipinski definition) is 2. The number of ether oxygens (including phenoxy) is 1. The lowest BCUT2D eigenvalue weighted by Crippen LogP contribution is -2.60. The first-order chi connectivity index (χ1) is 14.2. The Morgan fingerprint density at radius 2 is 1.52 bits per heavy atom. The number of para-hydroxylation sites is 1. The van der Waals surface area contributed by atoms with Gasteiger partial charge < -0.3 is 19.8 Å². The van der Waals surface area contributed by atoms with E-state index in [9.17, 15) is 15.0 Å². The summed E-state index contributed by atoms with van der Waals surface area (Å²) in [6.45, 7) is 0.0257. The van der Waals surface area contributed by atoms with Gasteiger partial charge in [-0.1, -0.05) is 60.7 Å². The number of carbonyl (C=O) groups is 1. The molecule has 1 saturated heterocycles. The summed E-state index contributed by atoms with van der Waals surface area (Å²) in [5.41, 5.74) is 2.74. The van der Waals surface area contributed by atoms with Crippen LogP contribution in [0.25, 0.3) is 0 Å². The highest BCUT2D eigenvalue weighted by Crippen LogP contribution is 2.45. The zero-order valence-electron chi connectivity index (χ0n) is 15.9. The second-order valence-corrected chi connectivity index (χ2v) is 7.11. The van der Waals surface area contributed by atoms with Crippen molar-refractivity contribution in [1.29, 1.82) is 0 Å². The van der Waals surface area contributed by atoms with Gasteiger partial charge in [0.1, 0.15) is 12.4 Å². The molecule has 1 amide bonds. The lowest BCUT2D eigenvalue weighted by molar-refractivity contribution is -0.137. The molecule has 0 saturated carbocycles. The highest BCUT2D eigenvalue weighted by Gasteiger charge is 2.52. The first-order valence-electron chi connectivity index (χ1n) is 9.63. The molecule has 1 aliphatic rings. The molecule has 29 heavy (non-hydrogen) atoms. The van der Waals surface area contributed by atoms with Crippen LogP contribution in [-0.4, -0.2) is 28.8 Å². The van der Waals surface area contributed by atoms with Gasteiger partial charge in [-0.2, -0.15) is 0 Å². The number of aliphatic hydroxyl groups excluding tert-OH is 2. The SMILES string of the molecule is O=C1[C@@H]([C@H](O)CO)[C@@H](c2ccc(OCc3ccccc3)cc2)N1c1ccccc1. The van der Waals surface area contributed by atoms with E-state index < -0.39 is 18.6 Å². The van der Waals surface area contributed by atoms with Crippen LogP contribution in [-0.2, 0) is 11.4 Å². The number of hydrogen-bond acceptors (Lipinski definition) is 4. The third kappa shape index (κ3) is 3.88. The van der Waals surface area contributed by atoms with Crippen LogP contribution in [0.15, 0.2) is 84.9 Å². The van der Waals surface area contributed by atoms with Crippen molar-refractivity contribution in [3.63, 3.8) is 0 Å². The average molecular weight is 389 g/mol. The van der Waals surface area contributed by atoms with Crippen LogP contribution >= 0.6 is 0 Å². The minimum Gasteiger partial charge on any atom is -0.489 e. The molecule has 5 heteroatoms. The van der Waals surface area contributed by atoms with Gasteiger partial charge in [0.15, 0.2) is 0 Å². The van der Waals surface area contributed by atoms with E-state index in [1.165, 1.54) is 0 Å². The van der Waals surface area contributed by atoms with Gasteiger partial charge in [0.25, 0.3) is 0 Å². The molecule has 1 fully saturated rings. The minimum absolute atomic E-state index is 0.188. The zero-order chi connectivity index (χ0) is 20.2. The Hall–Kier alpha value is -3.15. The monoisotopic (exact) mass is 389 g/mol. The number of aliphatic hydroxyl groups is 2. The normalized spacial score (nSPS) is 19.5. The molecule has 0 bridgehead atoms. The predicted molar refractivity (Wildman–Crippen MR) is 110 cm³/mol. The Labute approximate surface area is 169 Å². The van der Waals surface area contributed by atoms with Gasteiger partial charge in [-0.15, -0.1) is 0 Å². The number of amides is 1. The fourth-order valence-corrected chi connectivity index (χ4v) is 3.73. The second kappa shape index (κ2) is 8.47. The number of anilines is 1. The summed E-state index contributed by atoms with van der Waals surface area (Å²) >= 11 is 0.